The Balaban J connectivity index is 1.82. The summed E-state index contributed by atoms with van der Waals surface area (Å²) in [6.07, 6.45) is 1.43. The van der Waals surface area contributed by atoms with Gasteiger partial charge in [-0.15, -0.1) is 0 Å². The van der Waals surface area contributed by atoms with E-state index in [1.54, 1.807) is 60.7 Å². The molecule has 1 N–H and O–H groups in total. The summed E-state index contributed by atoms with van der Waals surface area (Å²) in [4.78, 5) is 27.3. The minimum atomic E-state index is -0.954. The summed E-state index contributed by atoms with van der Waals surface area (Å²) in [7, 11) is 0. The number of aliphatic hydroxyl groups is 1. The summed E-state index contributed by atoms with van der Waals surface area (Å²) in [5.74, 6) is -0.975. The molecule has 1 saturated heterocycles. The van der Waals surface area contributed by atoms with Crippen LogP contribution < -0.4 is 9.64 Å². The standard InChI is InChI=1S/C25H20N2O5/c1-15(2)32-19-11-7-17(8-12-19)23(28)21-22(20-4-3-13-31-20)27(25(30)24(21)29)18-9-5-16(14-26)6-10-18/h3-13,15,22,28H,1-2H3/b23-21-. The number of benzene rings is 2. The van der Waals surface area contributed by atoms with Gasteiger partial charge >= 0.3 is 0 Å². The third-order valence-corrected chi connectivity index (χ3v) is 5.03. The Bertz CT molecular complexity index is 1220. The zero-order chi connectivity index (χ0) is 22.8. The van der Waals surface area contributed by atoms with Crippen molar-refractivity contribution in [2.75, 3.05) is 4.90 Å². The molecular formula is C25H20N2O5. The number of furan rings is 1. The van der Waals surface area contributed by atoms with Gasteiger partial charge in [-0.05, 0) is 74.5 Å². The maximum Gasteiger partial charge on any atom is 0.300 e. The van der Waals surface area contributed by atoms with Crippen molar-refractivity contribution in [3.63, 3.8) is 0 Å². The van der Waals surface area contributed by atoms with E-state index in [-0.39, 0.29) is 17.4 Å². The third kappa shape index (κ3) is 3.74. The van der Waals surface area contributed by atoms with Crippen LogP contribution in [0.15, 0.2) is 76.9 Å². The molecule has 1 aromatic heterocycles. The molecule has 1 atom stereocenters. The second-order valence-electron chi connectivity index (χ2n) is 7.53. The third-order valence-electron chi connectivity index (χ3n) is 5.03. The van der Waals surface area contributed by atoms with Gasteiger partial charge in [0.1, 0.15) is 23.3 Å². The van der Waals surface area contributed by atoms with E-state index in [0.29, 0.717) is 28.3 Å². The van der Waals surface area contributed by atoms with Crippen molar-refractivity contribution in [2.24, 2.45) is 0 Å². The quantitative estimate of drug-likeness (QED) is 0.363. The number of nitriles is 1. The molecule has 0 bridgehead atoms. The van der Waals surface area contributed by atoms with Crippen molar-refractivity contribution in [1.29, 1.82) is 5.26 Å². The van der Waals surface area contributed by atoms with Gasteiger partial charge in [0.2, 0.25) is 0 Å². The summed E-state index contributed by atoms with van der Waals surface area (Å²) < 4.78 is 11.1. The highest BCUT2D eigenvalue weighted by Crippen LogP contribution is 2.42. The Hall–Kier alpha value is -4.31. The molecule has 4 rings (SSSR count). The SMILES string of the molecule is CC(C)Oc1ccc(/C(O)=C2/C(=O)C(=O)N(c3ccc(C#N)cc3)C2c2ccco2)cc1. The van der Waals surface area contributed by atoms with Crippen LogP contribution in [0.25, 0.3) is 5.76 Å². The van der Waals surface area contributed by atoms with E-state index in [1.807, 2.05) is 19.9 Å². The molecule has 1 amide bonds. The molecule has 1 fully saturated rings. The number of anilines is 1. The van der Waals surface area contributed by atoms with Crippen LogP contribution in [0.3, 0.4) is 0 Å². The number of ether oxygens (including phenoxy) is 1. The Labute approximate surface area is 184 Å². The average Bonchev–Trinajstić information content (AvgIpc) is 3.41. The van der Waals surface area contributed by atoms with E-state index in [1.165, 1.54) is 11.2 Å². The molecule has 7 heteroatoms. The van der Waals surface area contributed by atoms with E-state index in [4.69, 9.17) is 14.4 Å². The number of hydrogen-bond donors (Lipinski definition) is 1. The fraction of sp³-hybridized carbons (Fsp3) is 0.160. The highest BCUT2D eigenvalue weighted by atomic mass is 16.5. The molecule has 2 aromatic carbocycles. The zero-order valence-corrected chi connectivity index (χ0v) is 17.5. The van der Waals surface area contributed by atoms with E-state index in [0.717, 1.165) is 0 Å². The molecule has 0 aliphatic carbocycles. The Morgan fingerprint density at radius 2 is 1.78 bits per heavy atom. The largest absolute Gasteiger partial charge is 0.507 e. The van der Waals surface area contributed by atoms with Gasteiger partial charge in [-0.25, -0.2) is 0 Å². The molecule has 0 radical (unpaired) electrons. The molecule has 32 heavy (non-hydrogen) atoms. The number of nitrogens with zero attached hydrogens (tertiary/aromatic N) is 2. The van der Waals surface area contributed by atoms with Crippen molar-refractivity contribution in [3.8, 4) is 11.8 Å². The highest BCUT2D eigenvalue weighted by Gasteiger charge is 2.48. The van der Waals surface area contributed by atoms with Gasteiger partial charge in [0.25, 0.3) is 11.7 Å². The van der Waals surface area contributed by atoms with Crippen LogP contribution in [0, 0.1) is 11.3 Å². The van der Waals surface area contributed by atoms with Gasteiger partial charge < -0.3 is 14.3 Å². The number of rotatable bonds is 5. The van der Waals surface area contributed by atoms with Gasteiger partial charge in [-0.2, -0.15) is 5.26 Å². The Morgan fingerprint density at radius 3 is 2.34 bits per heavy atom. The normalized spacial score (nSPS) is 17.6. The van der Waals surface area contributed by atoms with Crippen molar-refractivity contribution < 1.29 is 23.8 Å². The lowest BCUT2D eigenvalue weighted by atomic mass is 9.99. The van der Waals surface area contributed by atoms with Gasteiger partial charge in [-0.1, -0.05) is 0 Å². The lowest BCUT2D eigenvalue weighted by Crippen LogP contribution is -2.29. The fourth-order valence-electron chi connectivity index (χ4n) is 3.63. The number of Topliss-reactive ketones (excluding diaryl/α,β-unsaturated/α-hetero) is 1. The van der Waals surface area contributed by atoms with E-state index in [2.05, 4.69) is 0 Å². The fourth-order valence-corrected chi connectivity index (χ4v) is 3.63. The van der Waals surface area contributed by atoms with E-state index >= 15 is 0 Å². The van der Waals surface area contributed by atoms with Crippen LogP contribution in [0.5, 0.6) is 5.75 Å². The van der Waals surface area contributed by atoms with Crippen LogP contribution in [-0.4, -0.2) is 22.9 Å². The molecule has 1 unspecified atom stereocenters. The first-order chi connectivity index (χ1) is 15.4. The number of aliphatic hydroxyl groups excluding tert-OH is 1. The number of amides is 1. The number of carbonyl (C=O) groups is 2. The van der Waals surface area contributed by atoms with Crippen LogP contribution in [0.4, 0.5) is 5.69 Å². The summed E-state index contributed by atoms with van der Waals surface area (Å²) in [5.41, 5.74) is 1.12. The molecular weight excluding hydrogens is 408 g/mol. The van der Waals surface area contributed by atoms with Crippen molar-refractivity contribution >= 4 is 23.1 Å². The second kappa shape index (κ2) is 8.44. The van der Waals surface area contributed by atoms with Gasteiger partial charge in [0, 0.05) is 11.3 Å². The average molecular weight is 428 g/mol. The monoisotopic (exact) mass is 428 g/mol. The Morgan fingerprint density at radius 1 is 1.09 bits per heavy atom. The first-order valence-corrected chi connectivity index (χ1v) is 10.0. The van der Waals surface area contributed by atoms with Crippen molar-refractivity contribution in [1.82, 2.24) is 0 Å². The first kappa shape index (κ1) is 20.9. The number of hydrogen-bond acceptors (Lipinski definition) is 6. The summed E-state index contributed by atoms with van der Waals surface area (Å²) in [6, 6.07) is 17.3. The maximum atomic E-state index is 13.0. The molecule has 0 spiro atoms. The molecule has 3 aromatic rings. The Kier molecular flexibility index (Phi) is 5.52. The van der Waals surface area contributed by atoms with Crippen LogP contribution in [-0.2, 0) is 9.59 Å². The molecule has 2 heterocycles. The molecule has 1 aliphatic heterocycles. The predicted octanol–water partition coefficient (Wildman–Crippen LogP) is 4.56. The highest BCUT2D eigenvalue weighted by molar-refractivity contribution is 6.51. The van der Waals surface area contributed by atoms with Gasteiger partial charge in [0.15, 0.2) is 0 Å². The van der Waals surface area contributed by atoms with Crippen molar-refractivity contribution in [3.05, 3.63) is 89.4 Å². The minimum Gasteiger partial charge on any atom is -0.507 e. The second-order valence-corrected chi connectivity index (χ2v) is 7.53. The first-order valence-electron chi connectivity index (χ1n) is 10.0. The maximum absolute atomic E-state index is 13.0. The van der Waals surface area contributed by atoms with Crippen LogP contribution in [0.1, 0.15) is 36.8 Å². The topological polar surface area (TPSA) is 104 Å². The lowest BCUT2D eigenvalue weighted by molar-refractivity contribution is -0.132. The number of carbonyl (C=O) groups excluding carboxylic acids is 2. The summed E-state index contributed by atoms with van der Waals surface area (Å²) in [5, 5.41) is 20.1. The number of ketones is 1. The van der Waals surface area contributed by atoms with Gasteiger partial charge in [-0.3, -0.25) is 14.5 Å². The van der Waals surface area contributed by atoms with Crippen molar-refractivity contribution in [2.45, 2.75) is 26.0 Å². The van der Waals surface area contributed by atoms with Gasteiger partial charge in [0.05, 0.1) is 29.6 Å². The summed E-state index contributed by atoms with van der Waals surface area (Å²) in [6.45, 7) is 3.81. The molecule has 160 valence electrons. The molecule has 1 aliphatic rings. The van der Waals surface area contributed by atoms with Crippen LogP contribution in [0.2, 0.25) is 0 Å². The minimum absolute atomic E-state index is 0.00820. The summed E-state index contributed by atoms with van der Waals surface area (Å²) >= 11 is 0. The molecule has 7 nitrogen and oxygen atoms in total. The van der Waals surface area contributed by atoms with E-state index in [9.17, 15) is 14.7 Å². The van der Waals surface area contributed by atoms with Crippen LogP contribution >= 0.6 is 0 Å². The predicted molar refractivity (Wildman–Crippen MR) is 117 cm³/mol. The van der Waals surface area contributed by atoms with E-state index < -0.39 is 17.7 Å². The lowest BCUT2D eigenvalue weighted by Gasteiger charge is -2.23. The molecule has 0 saturated carbocycles. The smallest absolute Gasteiger partial charge is 0.300 e. The zero-order valence-electron chi connectivity index (χ0n) is 17.5.